The van der Waals surface area contributed by atoms with Crippen LogP contribution in [0.3, 0.4) is 0 Å². The Morgan fingerprint density at radius 2 is 1.92 bits per heavy atom. The van der Waals surface area contributed by atoms with Crippen LogP contribution in [0.5, 0.6) is 0 Å². The van der Waals surface area contributed by atoms with Crippen LogP contribution in [0.25, 0.3) is 11.1 Å². The summed E-state index contributed by atoms with van der Waals surface area (Å²) < 4.78 is 58.3. The molecular formula is C17H13F4NO3. The van der Waals surface area contributed by atoms with Crippen molar-refractivity contribution in [2.75, 3.05) is 7.11 Å². The van der Waals surface area contributed by atoms with Crippen LogP contribution in [0, 0.1) is 5.82 Å². The molecule has 1 aromatic heterocycles. The molecule has 0 spiro atoms. The van der Waals surface area contributed by atoms with Crippen molar-refractivity contribution in [3.05, 3.63) is 57.3 Å². The summed E-state index contributed by atoms with van der Waals surface area (Å²) in [5, 5.41) is 0. The normalized spacial score (nSPS) is 13.6. The molecule has 25 heavy (non-hydrogen) atoms. The molecule has 0 unspecified atom stereocenters. The van der Waals surface area contributed by atoms with Gasteiger partial charge in [0, 0.05) is 17.8 Å². The van der Waals surface area contributed by atoms with Gasteiger partial charge >= 0.3 is 12.1 Å². The molecule has 0 atom stereocenters. The summed E-state index contributed by atoms with van der Waals surface area (Å²) in [6.07, 6.45) is -3.56. The summed E-state index contributed by atoms with van der Waals surface area (Å²) in [5.74, 6) is -1.86. The molecule has 0 aliphatic carbocycles. The van der Waals surface area contributed by atoms with Crippen LogP contribution >= 0.6 is 0 Å². The predicted octanol–water partition coefficient (Wildman–Crippen LogP) is 3.41. The van der Waals surface area contributed by atoms with E-state index in [0.717, 1.165) is 6.07 Å². The van der Waals surface area contributed by atoms with Gasteiger partial charge in [-0.3, -0.25) is 4.79 Å². The smallest absolute Gasteiger partial charge is 0.416 e. The highest BCUT2D eigenvalue weighted by atomic mass is 19.4. The molecule has 132 valence electrons. The number of esters is 1. The van der Waals surface area contributed by atoms with Gasteiger partial charge in [-0.1, -0.05) is 6.07 Å². The van der Waals surface area contributed by atoms with E-state index in [9.17, 15) is 27.2 Å². The number of halogens is 4. The number of rotatable bonds is 2. The topological polar surface area (TPSA) is 48.3 Å². The van der Waals surface area contributed by atoms with Crippen molar-refractivity contribution in [2.45, 2.75) is 25.6 Å². The molecule has 0 bridgehead atoms. The van der Waals surface area contributed by atoms with E-state index >= 15 is 0 Å². The van der Waals surface area contributed by atoms with Crippen LogP contribution in [0.15, 0.2) is 29.1 Å². The second-order valence-electron chi connectivity index (χ2n) is 5.66. The fourth-order valence-electron chi connectivity index (χ4n) is 3.00. The average molecular weight is 355 g/mol. The standard InChI is InChI=1S/C17H13F4NO3/c1-25-16(24)12-8-11(15(23)22-6-2-3-14(12)22)10-5-4-9(7-13(10)18)17(19,20)21/h4-5,7-8H,2-3,6H2,1H3. The largest absolute Gasteiger partial charge is 0.465 e. The Morgan fingerprint density at radius 1 is 1.20 bits per heavy atom. The third kappa shape index (κ3) is 2.92. The molecular weight excluding hydrogens is 342 g/mol. The molecule has 0 radical (unpaired) electrons. The summed E-state index contributed by atoms with van der Waals surface area (Å²) in [6.45, 7) is 0.355. The summed E-state index contributed by atoms with van der Waals surface area (Å²) >= 11 is 0. The summed E-state index contributed by atoms with van der Waals surface area (Å²) in [4.78, 5) is 24.5. The van der Waals surface area contributed by atoms with E-state index in [1.54, 1.807) is 0 Å². The van der Waals surface area contributed by atoms with Gasteiger partial charge in [0.2, 0.25) is 0 Å². The van der Waals surface area contributed by atoms with Gasteiger partial charge in [-0.05, 0) is 31.0 Å². The van der Waals surface area contributed by atoms with E-state index in [-0.39, 0.29) is 16.7 Å². The van der Waals surface area contributed by atoms with Crippen LogP contribution in [0.4, 0.5) is 17.6 Å². The lowest BCUT2D eigenvalue weighted by molar-refractivity contribution is -0.137. The monoisotopic (exact) mass is 355 g/mol. The van der Waals surface area contributed by atoms with Crippen LogP contribution < -0.4 is 5.56 Å². The summed E-state index contributed by atoms with van der Waals surface area (Å²) in [6, 6.07) is 3.13. The zero-order valence-corrected chi connectivity index (χ0v) is 13.1. The van der Waals surface area contributed by atoms with Crippen molar-refractivity contribution in [2.24, 2.45) is 0 Å². The maximum Gasteiger partial charge on any atom is 0.416 e. The maximum absolute atomic E-state index is 14.2. The lowest BCUT2D eigenvalue weighted by Crippen LogP contribution is -2.24. The van der Waals surface area contributed by atoms with Crippen molar-refractivity contribution in [1.29, 1.82) is 0 Å². The third-order valence-electron chi connectivity index (χ3n) is 4.19. The zero-order valence-electron chi connectivity index (χ0n) is 13.1. The van der Waals surface area contributed by atoms with E-state index in [0.29, 0.717) is 37.2 Å². The molecule has 0 fully saturated rings. The second-order valence-corrected chi connectivity index (χ2v) is 5.66. The molecule has 0 saturated heterocycles. The highest BCUT2D eigenvalue weighted by Gasteiger charge is 2.32. The lowest BCUT2D eigenvalue weighted by atomic mass is 10.0. The lowest BCUT2D eigenvalue weighted by Gasteiger charge is -2.13. The Morgan fingerprint density at radius 3 is 2.52 bits per heavy atom. The van der Waals surface area contributed by atoms with Gasteiger partial charge in [-0.25, -0.2) is 9.18 Å². The van der Waals surface area contributed by atoms with Crippen LogP contribution in [0.2, 0.25) is 0 Å². The van der Waals surface area contributed by atoms with Crippen molar-refractivity contribution in [3.63, 3.8) is 0 Å². The number of benzene rings is 1. The molecule has 2 heterocycles. The van der Waals surface area contributed by atoms with Gasteiger partial charge in [0.05, 0.1) is 23.8 Å². The quantitative estimate of drug-likeness (QED) is 0.613. The molecule has 4 nitrogen and oxygen atoms in total. The van der Waals surface area contributed by atoms with Crippen LogP contribution in [0.1, 0.15) is 28.0 Å². The predicted molar refractivity (Wildman–Crippen MR) is 80.8 cm³/mol. The Kier molecular flexibility index (Phi) is 4.14. The maximum atomic E-state index is 14.2. The van der Waals surface area contributed by atoms with Crippen molar-refractivity contribution < 1.29 is 27.1 Å². The number of methoxy groups -OCH3 is 1. The minimum atomic E-state index is -4.69. The number of carbonyl (C=O) groups excluding carboxylic acids is 1. The molecule has 1 aromatic carbocycles. The number of fused-ring (bicyclic) bond motifs is 1. The molecule has 3 rings (SSSR count). The SMILES string of the molecule is COC(=O)c1cc(-c2ccc(C(F)(F)F)cc2F)c(=O)n2c1CCC2. The Bertz CT molecular complexity index is 915. The fraction of sp³-hybridized carbons (Fsp3) is 0.294. The van der Waals surface area contributed by atoms with Gasteiger partial charge in [0.15, 0.2) is 0 Å². The minimum absolute atomic E-state index is 0.119. The van der Waals surface area contributed by atoms with E-state index in [2.05, 4.69) is 4.74 Å². The summed E-state index contributed by atoms with van der Waals surface area (Å²) in [5.41, 5.74) is -1.54. The van der Waals surface area contributed by atoms with Crippen molar-refractivity contribution >= 4 is 5.97 Å². The highest BCUT2D eigenvalue weighted by Crippen LogP contribution is 2.33. The first-order chi connectivity index (χ1) is 11.7. The van der Waals surface area contributed by atoms with Gasteiger partial charge in [-0.2, -0.15) is 13.2 Å². The van der Waals surface area contributed by atoms with Gasteiger partial charge in [0.25, 0.3) is 5.56 Å². The number of hydrogen-bond donors (Lipinski definition) is 0. The highest BCUT2D eigenvalue weighted by molar-refractivity contribution is 5.92. The number of pyridine rings is 1. The molecule has 1 aliphatic rings. The van der Waals surface area contributed by atoms with Crippen LogP contribution in [-0.2, 0) is 23.9 Å². The van der Waals surface area contributed by atoms with E-state index in [1.165, 1.54) is 17.7 Å². The van der Waals surface area contributed by atoms with Crippen LogP contribution in [-0.4, -0.2) is 17.6 Å². The zero-order chi connectivity index (χ0) is 18.4. The number of hydrogen-bond acceptors (Lipinski definition) is 3. The van der Waals surface area contributed by atoms with E-state index < -0.39 is 29.1 Å². The summed E-state index contributed by atoms with van der Waals surface area (Å²) in [7, 11) is 1.18. The Balaban J connectivity index is 2.22. The number of nitrogens with zero attached hydrogens (tertiary/aromatic N) is 1. The van der Waals surface area contributed by atoms with E-state index in [4.69, 9.17) is 0 Å². The van der Waals surface area contributed by atoms with Gasteiger partial charge in [-0.15, -0.1) is 0 Å². The third-order valence-corrected chi connectivity index (χ3v) is 4.19. The van der Waals surface area contributed by atoms with Gasteiger partial charge in [0.1, 0.15) is 5.82 Å². The average Bonchev–Trinajstić information content (AvgIpc) is 3.04. The molecule has 0 saturated carbocycles. The minimum Gasteiger partial charge on any atom is -0.465 e. The number of ether oxygens (including phenoxy) is 1. The van der Waals surface area contributed by atoms with Gasteiger partial charge < -0.3 is 9.30 Å². The first-order valence-electron chi connectivity index (χ1n) is 7.46. The first-order valence-corrected chi connectivity index (χ1v) is 7.46. The Hall–Kier alpha value is -2.64. The fourth-order valence-corrected chi connectivity index (χ4v) is 3.00. The first kappa shape index (κ1) is 17.2. The second kappa shape index (κ2) is 6.02. The number of carbonyl (C=O) groups is 1. The molecule has 2 aromatic rings. The number of aromatic nitrogens is 1. The Labute approximate surface area is 139 Å². The molecule has 0 N–H and O–H groups in total. The molecule has 1 aliphatic heterocycles. The van der Waals surface area contributed by atoms with Crippen molar-refractivity contribution in [3.8, 4) is 11.1 Å². The molecule has 0 amide bonds. The number of alkyl halides is 3. The molecule has 8 heteroatoms. The van der Waals surface area contributed by atoms with E-state index in [1.807, 2.05) is 0 Å². The van der Waals surface area contributed by atoms with Crippen molar-refractivity contribution in [1.82, 2.24) is 4.57 Å².